The van der Waals surface area contributed by atoms with Crippen molar-refractivity contribution >= 4 is 33.7 Å². The van der Waals surface area contributed by atoms with E-state index in [2.05, 4.69) is 47.8 Å². The fraction of sp³-hybridized carbons (Fsp3) is 0.130. The van der Waals surface area contributed by atoms with Crippen molar-refractivity contribution in [3.05, 3.63) is 93.9 Å². The van der Waals surface area contributed by atoms with Gasteiger partial charge in [0, 0.05) is 17.0 Å². The Balaban J connectivity index is 1.50. The summed E-state index contributed by atoms with van der Waals surface area (Å²) in [5, 5.41) is 6.49. The van der Waals surface area contributed by atoms with E-state index in [4.69, 9.17) is 4.98 Å². The van der Waals surface area contributed by atoms with Crippen LogP contribution in [-0.2, 0) is 17.6 Å². The summed E-state index contributed by atoms with van der Waals surface area (Å²) in [4.78, 5) is 18.1. The Bertz CT molecular complexity index is 1080. The van der Waals surface area contributed by atoms with Crippen LogP contribution in [0, 0.1) is 6.92 Å². The molecule has 0 unspecified atom stereocenters. The van der Waals surface area contributed by atoms with Crippen LogP contribution >= 0.6 is 11.3 Å². The SMILES string of the molecule is Cc1nc(Cc2cccc3ccccc23)sc1CC(=O)Nc1ccccc1. The first-order valence-corrected chi connectivity index (χ1v) is 9.77. The molecular weight excluding hydrogens is 352 g/mol. The smallest absolute Gasteiger partial charge is 0.229 e. The molecule has 0 saturated carbocycles. The zero-order valence-corrected chi connectivity index (χ0v) is 15.9. The summed E-state index contributed by atoms with van der Waals surface area (Å²) in [6.07, 6.45) is 1.14. The Morgan fingerprint density at radius 2 is 1.70 bits per heavy atom. The number of benzene rings is 3. The summed E-state index contributed by atoms with van der Waals surface area (Å²) in [6, 6.07) is 24.3. The fourth-order valence-electron chi connectivity index (χ4n) is 3.21. The first kappa shape index (κ1) is 17.4. The highest BCUT2D eigenvalue weighted by Gasteiger charge is 2.13. The predicted octanol–water partition coefficient (Wildman–Crippen LogP) is 5.38. The minimum absolute atomic E-state index is 0.00957. The number of amides is 1. The number of carbonyl (C=O) groups excluding carboxylic acids is 1. The average molecular weight is 372 g/mol. The minimum atomic E-state index is -0.00957. The van der Waals surface area contributed by atoms with Crippen molar-refractivity contribution in [2.24, 2.45) is 0 Å². The van der Waals surface area contributed by atoms with Gasteiger partial charge < -0.3 is 5.32 Å². The molecule has 0 aliphatic carbocycles. The maximum Gasteiger partial charge on any atom is 0.229 e. The molecule has 0 saturated heterocycles. The summed E-state index contributed by atoms with van der Waals surface area (Å²) in [7, 11) is 0. The van der Waals surface area contributed by atoms with Gasteiger partial charge in [0.15, 0.2) is 0 Å². The zero-order valence-electron chi connectivity index (χ0n) is 15.1. The summed E-state index contributed by atoms with van der Waals surface area (Å²) >= 11 is 1.63. The number of aryl methyl sites for hydroxylation is 1. The van der Waals surface area contributed by atoms with E-state index in [1.165, 1.54) is 16.3 Å². The largest absolute Gasteiger partial charge is 0.326 e. The Morgan fingerprint density at radius 1 is 0.963 bits per heavy atom. The molecule has 1 heterocycles. The van der Waals surface area contributed by atoms with Crippen molar-refractivity contribution < 1.29 is 4.79 Å². The topological polar surface area (TPSA) is 42.0 Å². The van der Waals surface area contributed by atoms with Gasteiger partial charge in [-0.2, -0.15) is 0 Å². The molecule has 4 aromatic rings. The van der Waals surface area contributed by atoms with Crippen molar-refractivity contribution in [1.82, 2.24) is 4.98 Å². The van der Waals surface area contributed by atoms with Crippen LogP contribution in [-0.4, -0.2) is 10.9 Å². The van der Waals surface area contributed by atoms with Gasteiger partial charge in [0.1, 0.15) is 0 Å². The number of rotatable bonds is 5. The molecule has 1 aromatic heterocycles. The van der Waals surface area contributed by atoms with Gasteiger partial charge in [-0.05, 0) is 35.4 Å². The molecule has 4 heteroatoms. The molecule has 0 spiro atoms. The quantitative estimate of drug-likeness (QED) is 0.511. The van der Waals surface area contributed by atoms with Gasteiger partial charge >= 0.3 is 0 Å². The molecule has 0 aliphatic rings. The standard InChI is InChI=1S/C23H20N2OS/c1-16-21(15-22(26)25-19-11-3-2-4-12-19)27-23(24-16)14-18-10-7-9-17-8-5-6-13-20(17)18/h2-13H,14-15H2,1H3,(H,25,26). The van der Waals surface area contributed by atoms with Crippen molar-refractivity contribution in [3.63, 3.8) is 0 Å². The molecule has 0 aliphatic heterocycles. The minimum Gasteiger partial charge on any atom is -0.326 e. The van der Waals surface area contributed by atoms with Gasteiger partial charge in [-0.25, -0.2) is 4.98 Å². The number of nitrogens with zero attached hydrogens (tertiary/aromatic N) is 1. The molecule has 3 nitrogen and oxygen atoms in total. The molecule has 27 heavy (non-hydrogen) atoms. The second-order valence-corrected chi connectivity index (χ2v) is 7.69. The predicted molar refractivity (Wildman–Crippen MR) is 112 cm³/mol. The molecule has 1 N–H and O–H groups in total. The monoisotopic (exact) mass is 372 g/mol. The van der Waals surface area contributed by atoms with E-state index >= 15 is 0 Å². The van der Waals surface area contributed by atoms with E-state index in [1.54, 1.807) is 11.3 Å². The van der Waals surface area contributed by atoms with Crippen LogP contribution in [0.15, 0.2) is 72.8 Å². The van der Waals surface area contributed by atoms with E-state index in [0.717, 1.165) is 27.7 Å². The third kappa shape index (κ3) is 4.07. The molecule has 3 aromatic carbocycles. The number of aromatic nitrogens is 1. The second kappa shape index (κ2) is 7.72. The Kier molecular flexibility index (Phi) is 4.99. The van der Waals surface area contributed by atoms with E-state index in [0.29, 0.717) is 6.42 Å². The summed E-state index contributed by atoms with van der Waals surface area (Å²) < 4.78 is 0. The summed E-state index contributed by atoms with van der Waals surface area (Å²) in [5.74, 6) is -0.00957. The lowest BCUT2D eigenvalue weighted by atomic mass is 10.0. The van der Waals surface area contributed by atoms with E-state index in [9.17, 15) is 4.79 Å². The fourth-order valence-corrected chi connectivity index (χ4v) is 4.30. The van der Waals surface area contributed by atoms with E-state index in [1.807, 2.05) is 37.3 Å². The molecule has 134 valence electrons. The molecule has 0 bridgehead atoms. The van der Waals surface area contributed by atoms with Crippen molar-refractivity contribution in [1.29, 1.82) is 0 Å². The van der Waals surface area contributed by atoms with Crippen LogP contribution in [0.3, 0.4) is 0 Å². The highest BCUT2D eigenvalue weighted by molar-refractivity contribution is 7.11. The van der Waals surface area contributed by atoms with E-state index < -0.39 is 0 Å². The van der Waals surface area contributed by atoms with Gasteiger partial charge in [0.2, 0.25) is 5.91 Å². The number of anilines is 1. The van der Waals surface area contributed by atoms with Crippen LogP contribution in [0.5, 0.6) is 0 Å². The number of thiazole rings is 1. The molecular formula is C23H20N2OS. The first-order chi connectivity index (χ1) is 13.2. The first-order valence-electron chi connectivity index (χ1n) is 8.96. The zero-order chi connectivity index (χ0) is 18.6. The van der Waals surface area contributed by atoms with E-state index in [-0.39, 0.29) is 5.91 Å². The van der Waals surface area contributed by atoms with Crippen LogP contribution < -0.4 is 5.32 Å². The molecule has 4 rings (SSSR count). The number of fused-ring (bicyclic) bond motifs is 1. The Hall–Kier alpha value is -2.98. The van der Waals surface area contributed by atoms with Gasteiger partial charge in [0.25, 0.3) is 0 Å². The normalized spacial score (nSPS) is 10.9. The number of para-hydroxylation sites is 1. The second-order valence-electron chi connectivity index (χ2n) is 6.52. The van der Waals surface area contributed by atoms with Gasteiger partial charge in [0.05, 0.1) is 17.1 Å². The summed E-state index contributed by atoms with van der Waals surface area (Å²) in [5.41, 5.74) is 3.03. The van der Waals surface area contributed by atoms with Crippen molar-refractivity contribution in [2.45, 2.75) is 19.8 Å². The average Bonchev–Trinajstić information content (AvgIpc) is 3.01. The third-order valence-electron chi connectivity index (χ3n) is 4.54. The van der Waals surface area contributed by atoms with Gasteiger partial charge in [-0.15, -0.1) is 11.3 Å². The number of hydrogen-bond donors (Lipinski definition) is 1. The maximum absolute atomic E-state index is 12.3. The highest BCUT2D eigenvalue weighted by Crippen LogP contribution is 2.25. The van der Waals surface area contributed by atoms with Crippen molar-refractivity contribution in [2.75, 3.05) is 5.32 Å². The Labute approximate surface area is 162 Å². The van der Waals surface area contributed by atoms with Gasteiger partial charge in [-0.1, -0.05) is 60.7 Å². The number of nitrogens with one attached hydrogen (secondary N) is 1. The lowest BCUT2D eigenvalue weighted by Crippen LogP contribution is -2.14. The number of hydrogen-bond acceptors (Lipinski definition) is 3. The molecule has 1 amide bonds. The molecule has 0 radical (unpaired) electrons. The highest BCUT2D eigenvalue weighted by atomic mass is 32.1. The molecule has 0 atom stereocenters. The Morgan fingerprint density at radius 3 is 2.56 bits per heavy atom. The lowest BCUT2D eigenvalue weighted by molar-refractivity contribution is -0.115. The molecule has 0 fully saturated rings. The van der Waals surface area contributed by atoms with Crippen molar-refractivity contribution in [3.8, 4) is 0 Å². The number of carbonyl (C=O) groups is 1. The maximum atomic E-state index is 12.3. The lowest BCUT2D eigenvalue weighted by Gasteiger charge is -2.04. The van der Waals surface area contributed by atoms with Crippen LogP contribution in [0.4, 0.5) is 5.69 Å². The summed E-state index contributed by atoms with van der Waals surface area (Å²) in [6.45, 7) is 1.98. The van der Waals surface area contributed by atoms with Crippen LogP contribution in [0.25, 0.3) is 10.8 Å². The van der Waals surface area contributed by atoms with Gasteiger partial charge in [-0.3, -0.25) is 4.79 Å². The van der Waals surface area contributed by atoms with Crippen LogP contribution in [0.1, 0.15) is 21.1 Å². The third-order valence-corrected chi connectivity index (χ3v) is 5.69. The van der Waals surface area contributed by atoms with Crippen LogP contribution in [0.2, 0.25) is 0 Å².